The minimum Gasteiger partial charge on any atom is -0.381 e. The first kappa shape index (κ1) is 17.2. The molecule has 0 aliphatic heterocycles. The van der Waals surface area contributed by atoms with Gasteiger partial charge < -0.3 is 15.0 Å². The van der Waals surface area contributed by atoms with E-state index in [2.05, 4.69) is 43.0 Å². The molecule has 0 radical (unpaired) electrons. The molecule has 0 amide bonds. The van der Waals surface area contributed by atoms with Gasteiger partial charge in [-0.05, 0) is 18.8 Å². The Labute approximate surface area is 113 Å². The van der Waals surface area contributed by atoms with Crippen molar-refractivity contribution in [1.82, 2.24) is 10.2 Å². The predicted molar refractivity (Wildman–Crippen MR) is 79.2 cm³/mol. The molecule has 0 heterocycles. The van der Waals surface area contributed by atoms with E-state index < -0.39 is 0 Å². The van der Waals surface area contributed by atoms with Gasteiger partial charge in [0.25, 0.3) is 0 Å². The van der Waals surface area contributed by atoms with Gasteiger partial charge in [-0.1, -0.05) is 27.2 Å². The van der Waals surface area contributed by atoms with Crippen LogP contribution in [0.3, 0.4) is 0 Å². The van der Waals surface area contributed by atoms with Crippen LogP contribution in [0.1, 0.15) is 40.0 Å². The van der Waals surface area contributed by atoms with Crippen molar-refractivity contribution in [2.75, 3.05) is 40.4 Å². The zero-order valence-corrected chi connectivity index (χ0v) is 12.8. The molecule has 0 rings (SSSR count). The van der Waals surface area contributed by atoms with Gasteiger partial charge in [0.05, 0.1) is 0 Å². The molecular formula is C14H31N3O. The van der Waals surface area contributed by atoms with E-state index in [1.54, 1.807) is 0 Å². The molecule has 0 aliphatic rings. The zero-order valence-electron chi connectivity index (χ0n) is 12.8. The first-order chi connectivity index (χ1) is 8.61. The second-order valence-electron chi connectivity index (χ2n) is 5.07. The van der Waals surface area contributed by atoms with Crippen LogP contribution in [-0.4, -0.2) is 51.3 Å². The van der Waals surface area contributed by atoms with Crippen LogP contribution in [0.4, 0.5) is 0 Å². The van der Waals surface area contributed by atoms with E-state index in [0.29, 0.717) is 5.92 Å². The Hall–Kier alpha value is -0.770. The van der Waals surface area contributed by atoms with Crippen LogP contribution in [0.5, 0.6) is 0 Å². The molecular weight excluding hydrogens is 226 g/mol. The van der Waals surface area contributed by atoms with Crippen LogP contribution in [0.2, 0.25) is 0 Å². The van der Waals surface area contributed by atoms with Gasteiger partial charge >= 0.3 is 0 Å². The van der Waals surface area contributed by atoms with Gasteiger partial charge in [-0.15, -0.1) is 0 Å². The van der Waals surface area contributed by atoms with Gasteiger partial charge in [-0.25, -0.2) is 0 Å². The van der Waals surface area contributed by atoms with Crippen molar-refractivity contribution in [3.8, 4) is 0 Å². The lowest BCUT2D eigenvalue weighted by molar-refractivity contribution is 0.108. The van der Waals surface area contributed by atoms with Crippen LogP contribution in [-0.2, 0) is 4.74 Å². The summed E-state index contributed by atoms with van der Waals surface area (Å²) in [6, 6.07) is 0. The number of unbranched alkanes of at least 4 members (excludes halogenated alkanes) is 1. The third-order valence-corrected chi connectivity index (χ3v) is 2.62. The highest BCUT2D eigenvalue weighted by atomic mass is 16.5. The van der Waals surface area contributed by atoms with Crippen LogP contribution >= 0.6 is 0 Å². The molecule has 0 bridgehead atoms. The number of rotatable bonds is 9. The van der Waals surface area contributed by atoms with Gasteiger partial charge in [0.1, 0.15) is 0 Å². The van der Waals surface area contributed by atoms with E-state index in [0.717, 1.165) is 38.7 Å². The Kier molecular flexibility index (Phi) is 10.8. The lowest BCUT2D eigenvalue weighted by atomic mass is 10.2. The lowest BCUT2D eigenvalue weighted by Gasteiger charge is -2.21. The van der Waals surface area contributed by atoms with Crippen molar-refractivity contribution in [2.24, 2.45) is 10.9 Å². The van der Waals surface area contributed by atoms with Crippen molar-refractivity contribution >= 4 is 5.96 Å². The Morgan fingerprint density at radius 1 is 1.33 bits per heavy atom. The summed E-state index contributed by atoms with van der Waals surface area (Å²) in [5.41, 5.74) is 0. The van der Waals surface area contributed by atoms with Gasteiger partial charge in [0, 0.05) is 40.4 Å². The normalized spacial score (nSPS) is 12.0. The summed E-state index contributed by atoms with van der Waals surface area (Å²) in [5, 5.41) is 3.36. The average Bonchev–Trinajstić information content (AvgIpc) is 2.34. The Morgan fingerprint density at radius 2 is 2.06 bits per heavy atom. The number of ether oxygens (including phenoxy) is 1. The summed E-state index contributed by atoms with van der Waals surface area (Å²) in [4.78, 5) is 6.46. The van der Waals surface area contributed by atoms with Crippen LogP contribution in [0, 0.1) is 5.92 Å². The van der Waals surface area contributed by atoms with Crippen molar-refractivity contribution in [2.45, 2.75) is 40.0 Å². The molecule has 0 saturated carbocycles. The molecule has 0 aromatic rings. The molecule has 4 heteroatoms. The zero-order chi connectivity index (χ0) is 13.8. The topological polar surface area (TPSA) is 36.9 Å². The van der Waals surface area contributed by atoms with E-state index in [1.165, 1.54) is 12.8 Å². The number of hydrogen-bond acceptors (Lipinski definition) is 2. The summed E-state index contributed by atoms with van der Waals surface area (Å²) in [6.07, 6.45) is 3.44. The molecule has 18 heavy (non-hydrogen) atoms. The molecule has 0 aromatic heterocycles. The first-order valence-corrected chi connectivity index (χ1v) is 7.11. The number of nitrogens with zero attached hydrogens (tertiary/aromatic N) is 2. The fourth-order valence-electron chi connectivity index (χ4n) is 1.58. The molecule has 1 N–H and O–H groups in total. The van der Waals surface area contributed by atoms with Gasteiger partial charge in [0.15, 0.2) is 5.96 Å². The molecule has 108 valence electrons. The number of aliphatic imine (C=N–C) groups is 1. The fourth-order valence-corrected chi connectivity index (χ4v) is 1.58. The van der Waals surface area contributed by atoms with Crippen molar-refractivity contribution < 1.29 is 4.74 Å². The Morgan fingerprint density at radius 3 is 2.61 bits per heavy atom. The maximum absolute atomic E-state index is 5.54. The molecule has 4 nitrogen and oxygen atoms in total. The van der Waals surface area contributed by atoms with Gasteiger partial charge in [-0.2, -0.15) is 0 Å². The smallest absolute Gasteiger partial charge is 0.193 e. The Balaban J connectivity index is 3.62. The largest absolute Gasteiger partial charge is 0.381 e. The lowest BCUT2D eigenvalue weighted by Crippen LogP contribution is -2.40. The molecule has 0 spiro atoms. The van der Waals surface area contributed by atoms with Crippen molar-refractivity contribution in [3.63, 3.8) is 0 Å². The van der Waals surface area contributed by atoms with Crippen LogP contribution in [0.15, 0.2) is 4.99 Å². The highest BCUT2D eigenvalue weighted by Gasteiger charge is 2.03. The van der Waals surface area contributed by atoms with E-state index >= 15 is 0 Å². The Bertz CT molecular complexity index is 217. The highest BCUT2D eigenvalue weighted by Crippen LogP contribution is 1.94. The van der Waals surface area contributed by atoms with Crippen molar-refractivity contribution in [1.29, 1.82) is 0 Å². The summed E-state index contributed by atoms with van der Waals surface area (Å²) in [6.45, 7) is 10.2. The number of nitrogens with one attached hydrogen (secondary N) is 1. The van der Waals surface area contributed by atoms with Crippen molar-refractivity contribution in [3.05, 3.63) is 0 Å². The third-order valence-electron chi connectivity index (χ3n) is 2.62. The van der Waals surface area contributed by atoms with Crippen LogP contribution in [0.25, 0.3) is 0 Å². The molecule has 0 aliphatic carbocycles. The molecule has 0 unspecified atom stereocenters. The minimum atomic E-state index is 0.617. The second-order valence-corrected chi connectivity index (χ2v) is 5.07. The maximum Gasteiger partial charge on any atom is 0.193 e. The first-order valence-electron chi connectivity index (χ1n) is 7.11. The summed E-state index contributed by atoms with van der Waals surface area (Å²) in [7, 11) is 3.92. The quantitative estimate of drug-likeness (QED) is 0.391. The summed E-state index contributed by atoms with van der Waals surface area (Å²) in [5.74, 6) is 1.60. The summed E-state index contributed by atoms with van der Waals surface area (Å²) < 4.78 is 5.54. The second kappa shape index (κ2) is 11.3. The number of guanidine groups is 1. The minimum absolute atomic E-state index is 0.617. The summed E-state index contributed by atoms with van der Waals surface area (Å²) >= 11 is 0. The van der Waals surface area contributed by atoms with Gasteiger partial charge in [0.2, 0.25) is 0 Å². The molecule has 0 aromatic carbocycles. The average molecular weight is 257 g/mol. The van der Waals surface area contributed by atoms with E-state index in [9.17, 15) is 0 Å². The van der Waals surface area contributed by atoms with Crippen LogP contribution < -0.4 is 5.32 Å². The molecule has 0 saturated heterocycles. The SMILES string of the molecule is CCCCN(C)C(=NC)NCCCOCC(C)C. The predicted octanol–water partition coefficient (Wildman–Crippen LogP) is 2.36. The highest BCUT2D eigenvalue weighted by molar-refractivity contribution is 5.79. The van der Waals surface area contributed by atoms with E-state index in [4.69, 9.17) is 4.74 Å². The molecule has 0 atom stereocenters. The maximum atomic E-state index is 5.54. The fraction of sp³-hybridized carbons (Fsp3) is 0.929. The van der Waals surface area contributed by atoms with E-state index in [1.807, 2.05) is 7.05 Å². The molecule has 0 fully saturated rings. The monoisotopic (exact) mass is 257 g/mol. The van der Waals surface area contributed by atoms with E-state index in [-0.39, 0.29) is 0 Å². The third kappa shape index (κ3) is 9.28. The standard InChI is InChI=1S/C14H31N3O/c1-6-7-10-17(5)14(15-4)16-9-8-11-18-12-13(2)3/h13H,6-12H2,1-5H3,(H,15,16). The van der Waals surface area contributed by atoms with Gasteiger partial charge in [-0.3, -0.25) is 4.99 Å². The number of hydrogen-bond donors (Lipinski definition) is 1.